The molecule has 150 valence electrons. The predicted octanol–water partition coefficient (Wildman–Crippen LogP) is 2.88. The molecular weight excluding hydrogens is 396 g/mol. The van der Waals surface area contributed by atoms with Crippen molar-refractivity contribution in [2.24, 2.45) is 11.7 Å². The fraction of sp³-hybridized carbons (Fsp3) is 0.579. The maximum Gasteiger partial charge on any atom is 0.277 e. The van der Waals surface area contributed by atoms with Crippen LogP contribution in [0, 0.1) is 5.92 Å². The average molecular weight is 421 g/mol. The van der Waals surface area contributed by atoms with Crippen LogP contribution >= 0.6 is 23.1 Å². The fourth-order valence-electron chi connectivity index (χ4n) is 3.91. The number of hydrogen-bond donors (Lipinski definition) is 1. The molecule has 0 bridgehead atoms. The van der Waals surface area contributed by atoms with Crippen LogP contribution in [0.15, 0.2) is 15.7 Å². The lowest BCUT2D eigenvalue weighted by Gasteiger charge is -2.33. The van der Waals surface area contributed by atoms with Gasteiger partial charge in [0.15, 0.2) is 0 Å². The van der Waals surface area contributed by atoms with Crippen molar-refractivity contribution in [2.75, 3.05) is 12.3 Å². The van der Waals surface area contributed by atoms with E-state index in [1.165, 1.54) is 28.6 Å². The van der Waals surface area contributed by atoms with Crippen molar-refractivity contribution in [3.8, 4) is 10.8 Å². The molecule has 0 saturated carbocycles. The van der Waals surface area contributed by atoms with Crippen LogP contribution in [-0.4, -0.2) is 45.3 Å². The normalized spacial score (nSPS) is 22.1. The molecule has 2 aromatic rings. The summed E-state index contributed by atoms with van der Waals surface area (Å²) < 4.78 is 5.78. The smallest absolute Gasteiger partial charge is 0.277 e. The quantitative estimate of drug-likeness (QED) is 0.746. The molecular formula is C19H24N4O3S2. The summed E-state index contributed by atoms with van der Waals surface area (Å²) in [5.74, 6) is 0.829. The zero-order valence-electron chi connectivity index (χ0n) is 15.8. The van der Waals surface area contributed by atoms with E-state index in [1.807, 2.05) is 0 Å². The van der Waals surface area contributed by atoms with Gasteiger partial charge >= 0.3 is 0 Å². The predicted molar refractivity (Wildman–Crippen MR) is 108 cm³/mol. The maximum atomic E-state index is 12.5. The number of thiophene rings is 1. The molecule has 1 fully saturated rings. The number of nitrogens with two attached hydrogens (primary N) is 1. The van der Waals surface area contributed by atoms with Gasteiger partial charge in [0.05, 0.1) is 10.6 Å². The highest BCUT2D eigenvalue weighted by Crippen LogP contribution is 2.37. The number of nitrogens with zero attached hydrogens (tertiary/aromatic N) is 3. The van der Waals surface area contributed by atoms with Gasteiger partial charge in [-0.2, -0.15) is 0 Å². The minimum absolute atomic E-state index is 0.117. The topological polar surface area (TPSA) is 102 Å². The van der Waals surface area contributed by atoms with E-state index >= 15 is 0 Å². The van der Waals surface area contributed by atoms with Gasteiger partial charge in [-0.3, -0.25) is 9.59 Å². The van der Waals surface area contributed by atoms with E-state index in [0.29, 0.717) is 30.0 Å². The summed E-state index contributed by atoms with van der Waals surface area (Å²) in [6, 6.07) is 1.66. The zero-order chi connectivity index (χ0) is 19.7. The van der Waals surface area contributed by atoms with Gasteiger partial charge in [0, 0.05) is 11.4 Å². The Morgan fingerprint density at radius 1 is 1.36 bits per heavy atom. The summed E-state index contributed by atoms with van der Waals surface area (Å²) in [5, 5.41) is 8.60. The second-order valence-electron chi connectivity index (χ2n) is 7.57. The highest BCUT2D eigenvalue weighted by Gasteiger charge is 2.30. The number of aryl methyl sites for hydroxylation is 1. The number of piperidine rings is 1. The average Bonchev–Trinajstić information content (AvgIpc) is 3.32. The number of hydrogen-bond acceptors (Lipinski definition) is 7. The van der Waals surface area contributed by atoms with Gasteiger partial charge in [0.2, 0.25) is 11.8 Å². The molecule has 2 atom stereocenters. The van der Waals surface area contributed by atoms with E-state index in [1.54, 1.807) is 16.2 Å². The molecule has 2 aliphatic rings. The van der Waals surface area contributed by atoms with Gasteiger partial charge in [-0.15, -0.1) is 21.5 Å². The molecule has 1 aliphatic carbocycles. The van der Waals surface area contributed by atoms with E-state index < -0.39 is 11.9 Å². The van der Waals surface area contributed by atoms with Crippen LogP contribution in [0.4, 0.5) is 0 Å². The first-order chi connectivity index (χ1) is 13.5. The van der Waals surface area contributed by atoms with Crippen LogP contribution in [0.5, 0.6) is 0 Å². The molecule has 7 nitrogen and oxygen atoms in total. The van der Waals surface area contributed by atoms with Crippen LogP contribution in [0.3, 0.4) is 0 Å². The molecule has 2 N–H and O–H groups in total. The van der Waals surface area contributed by atoms with Gasteiger partial charge in [-0.25, -0.2) is 0 Å². The van der Waals surface area contributed by atoms with Crippen LogP contribution in [-0.2, 0) is 22.4 Å². The monoisotopic (exact) mass is 420 g/mol. The highest BCUT2D eigenvalue weighted by atomic mass is 32.2. The molecule has 0 unspecified atom stereocenters. The minimum atomic E-state index is -0.500. The SMILES string of the molecule is C[C@@H]1CCc2sc(-c3nnc(SCC(=O)N4CCCC[C@@H]4C(N)=O)o3)cc2C1. The van der Waals surface area contributed by atoms with Crippen molar-refractivity contribution in [2.45, 2.75) is 56.7 Å². The number of primary amides is 1. The van der Waals surface area contributed by atoms with Gasteiger partial charge in [0.25, 0.3) is 11.1 Å². The summed E-state index contributed by atoms with van der Waals surface area (Å²) in [4.78, 5) is 28.1. The number of carbonyl (C=O) groups is 2. The molecule has 1 saturated heterocycles. The molecule has 3 heterocycles. The van der Waals surface area contributed by atoms with E-state index in [9.17, 15) is 9.59 Å². The Labute approximate surface area is 172 Å². The first kappa shape index (κ1) is 19.4. The van der Waals surface area contributed by atoms with Crippen molar-refractivity contribution in [3.63, 3.8) is 0 Å². The molecule has 0 radical (unpaired) electrons. The molecule has 0 spiro atoms. The van der Waals surface area contributed by atoms with Gasteiger partial charge < -0.3 is 15.1 Å². The summed E-state index contributed by atoms with van der Waals surface area (Å²) in [6.45, 7) is 2.85. The summed E-state index contributed by atoms with van der Waals surface area (Å²) >= 11 is 2.93. The van der Waals surface area contributed by atoms with Gasteiger partial charge in [0.1, 0.15) is 6.04 Å². The number of fused-ring (bicyclic) bond motifs is 1. The fourth-order valence-corrected chi connectivity index (χ4v) is 5.69. The Kier molecular flexibility index (Phi) is 5.73. The summed E-state index contributed by atoms with van der Waals surface area (Å²) in [6.07, 6.45) is 5.89. The lowest BCUT2D eigenvalue weighted by molar-refractivity contribution is -0.138. The number of thioether (sulfide) groups is 1. The Morgan fingerprint density at radius 2 is 2.21 bits per heavy atom. The number of aromatic nitrogens is 2. The Morgan fingerprint density at radius 3 is 3.04 bits per heavy atom. The van der Waals surface area contributed by atoms with Crippen LogP contribution in [0.2, 0.25) is 0 Å². The van der Waals surface area contributed by atoms with Crippen LogP contribution < -0.4 is 5.73 Å². The Hall–Kier alpha value is -1.87. The maximum absolute atomic E-state index is 12.5. The third-order valence-corrected chi connectivity index (χ3v) is 7.45. The third kappa shape index (κ3) is 4.10. The molecule has 0 aromatic carbocycles. The van der Waals surface area contributed by atoms with E-state index in [-0.39, 0.29) is 11.7 Å². The van der Waals surface area contributed by atoms with E-state index in [2.05, 4.69) is 23.2 Å². The molecule has 2 amide bonds. The van der Waals surface area contributed by atoms with Crippen molar-refractivity contribution in [1.29, 1.82) is 0 Å². The third-order valence-electron chi connectivity index (χ3n) is 5.42. The first-order valence-corrected chi connectivity index (χ1v) is 11.5. The van der Waals surface area contributed by atoms with Gasteiger partial charge in [-0.1, -0.05) is 18.7 Å². The van der Waals surface area contributed by atoms with Gasteiger partial charge in [-0.05, 0) is 56.1 Å². The Balaban J connectivity index is 1.39. The Bertz CT molecular complexity index is 878. The zero-order valence-corrected chi connectivity index (χ0v) is 17.5. The van der Waals surface area contributed by atoms with E-state index in [4.69, 9.17) is 10.2 Å². The summed E-state index contributed by atoms with van der Waals surface area (Å²) in [7, 11) is 0. The second-order valence-corrected chi connectivity index (χ2v) is 9.63. The van der Waals surface area contributed by atoms with Crippen molar-refractivity contribution < 1.29 is 14.0 Å². The van der Waals surface area contributed by atoms with Crippen LogP contribution in [0.25, 0.3) is 10.8 Å². The molecule has 4 rings (SSSR count). The van der Waals surface area contributed by atoms with Crippen molar-refractivity contribution >= 4 is 34.9 Å². The first-order valence-electron chi connectivity index (χ1n) is 9.68. The molecule has 1 aliphatic heterocycles. The van der Waals surface area contributed by atoms with Crippen molar-refractivity contribution in [3.05, 3.63) is 16.5 Å². The number of rotatable bonds is 5. The summed E-state index contributed by atoms with van der Waals surface area (Å²) in [5.41, 5.74) is 6.83. The molecule has 9 heteroatoms. The van der Waals surface area contributed by atoms with Crippen LogP contribution in [0.1, 0.15) is 43.0 Å². The number of carbonyl (C=O) groups excluding carboxylic acids is 2. The van der Waals surface area contributed by atoms with Crippen molar-refractivity contribution in [1.82, 2.24) is 15.1 Å². The molecule has 28 heavy (non-hydrogen) atoms. The minimum Gasteiger partial charge on any atom is -0.410 e. The largest absolute Gasteiger partial charge is 0.410 e. The second kappa shape index (κ2) is 8.24. The molecule has 2 aromatic heterocycles. The highest BCUT2D eigenvalue weighted by molar-refractivity contribution is 7.99. The number of amides is 2. The lowest BCUT2D eigenvalue weighted by Crippen LogP contribution is -2.51. The lowest BCUT2D eigenvalue weighted by atomic mass is 9.90. The van der Waals surface area contributed by atoms with E-state index in [0.717, 1.165) is 30.6 Å². The standard InChI is InChI=1S/C19H24N4O3S2/c1-11-5-6-14-12(8-11)9-15(28-14)18-21-22-19(26-18)27-10-16(24)23-7-3-2-4-13(23)17(20)25/h9,11,13H,2-8,10H2,1H3,(H2,20,25)/t11-,13-/m1/s1. The number of likely N-dealkylation sites (tertiary alicyclic amines) is 1.